The lowest BCUT2D eigenvalue weighted by molar-refractivity contribution is -0.144. The molecule has 1 aromatic carbocycles. The molecular formula is C16H21ClN2O3. The average Bonchev–Trinajstić information content (AvgIpc) is 2.47. The monoisotopic (exact) mass is 324 g/mol. The van der Waals surface area contributed by atoms with Crippen LogP contribution < -0.4 is 5.32 Å². The molecule has 1 aromatic rings. The largest absolute Gasteiger partial charge is 0.481 e. The summed E-state index contributed by atoms with van der Waals surface area (Å²) in [6.45, 7) is 3.30. The quantitative estimate of drug-likeness (QED) is 0.872. The lowest BCUT2D eigenvalue weighted by Crippen LogP contribution is -2.44. The predicted molar refractivity (Wildman–Crippen MR) is 84.8 cm³/mol. The maximum absolute atomic E-state index is 12.1. The van der Waals surface area contributed by atoms with Gasteiger partial charge in [0.15, 0.2) is 0 Å². The first-order valence-electron chi connectivity index (χ1n) is 7.46. The molecule has 1 saturated heterocycles. The van der Waals surface area contributed by atoms with E-state index < -0.39 is 5.97 Å². The Hall–Kier alpha value is -1.59. The summed E-state index contributed by atoms with van der Waals surface area (Å²) in [5.74, 6) is -1.27. The molecular weight excluding hydrogens is 304 g/mol. The molecule has 2 unspecified atom stereocenters. The van der Waals surface area contributed by atoms with Gasteiger partial charge in [0.25, 0.3) is 0 Å². The number of hydrogen-bond donors (Lipinski definition) is 2. The van der Waals surface area contributed by atoms with Crippen molar-refractivity contribution in [3.05, 3.63) is 34.9 Å². The van der Waals surface area contributed by atoms with Crippen molar-refractivity contribution in [3.63, 3.8) is 0 Å². The molecule has 2 N–H and O–H groups in total. The molecule has 0 aliphatic carbocycles. The van der Waals surface area contributed by atoms with Crippen molar-refractivity contribution in [2.24, 2.45) is 5.92 Å². The Labute approximate surface area is 135 Å². The van der Waals surface area contributed by atoms with Crippen LogP contribution in [0, 0.1) is 5.92 Å². The molecule has 2 rings (SSSR count). The van der Waals surface area contributed by atoms with E-state index in [-0.39, 0.29) is 24.4 Å². The van der Waals surface area contributed by atoms with E-state index in [0.29, 0.717) is 18.0 Å². The van der Waals surface area contributed by atoms with Crippen molar-refractivity contribution in [1.82, 2.24) is 10.2 Å². The zero-order valence-electron chi connectivity index (χ0n) is 12.6. The summed E-state index contributed by atoms with van der Waals surface area (Å²) in [4.78, 5) is 25.1. The standard InChI is InChI=1S/C16H21ClN2O3/c1-11(13-6-2-3-7-14(13)17)18-15(20)10-19-8-4-5-12(9-19)16(21)22/h2-3,6-7,11-12H,4-5,8-10H2,1H3,(H,18,20)(H,21,22). The molecule has 2 atom stereocenters. The number of carbonyl (C=O) groups is 2. The highest BCUT2D eigenvalue weighted by Crippen LogP contribution is 2.22. The van der Waals surface area contributed by atoms with Gasteiger partial charge in [-0.05, 0) is 37.9 Å². The van der Waals surface area contributed by atoms with Gasteiger partial charge in [-0.3, -0.25) is 14.5 Å². The fraction of sp³-hybridized carbons (Fsp3) is 0.500. The van der Waals surface area contributed by atoms with Gasteiger partial charge in [0.1, 0.15) is 0 Å². The number of aliphatic carboxylic acids is 1. The third-order valence-electron chi connectivity index (χ3n) is 3.97. The van der Waals surface area contributed by atoms with E-state index in [1.807, 2.05) is 30.0 Å². The Balaban J connectivity index is 1.87. The number of piperidine rings is 1. The number of carbonyl (C=O) groups excluding carboxylic acids is 1. The minimum absolute atomic E-state index is 0.113. The van der Waals surface area contributed by atoms with Gasteiger partial charge < -0.3 is 10.4 Å². The van der Waals surface area contributed by atoms with Crippen LogP contribution in [-0.2, 0) is 9.59 Å². The second-order valence-corrected chi connectivity index (χ2v) is 6.13. The van der Waals surface area contributed by atoms with Crippen molar-refractivity contribution in [2.45, 2.75) is 25.8 Å². The summed E-state index contributed by atoms with van der Waals surface area (Å²) in [6, 6.07) is 7.23. The van der Waals surface area contributed by atoms with Gasteiger partial charge in [-0.25, -0.2) is 0 Å². The number of carboxylic acids is 1. The van der Waals surface area contributed by atoms with E-state index in [1.165, 1.54) is 0 Å². The minimum Gasteiger partial charge on any atom is -0.481 e. The van der Waals surface area contributed by atoms with Crippen molar-refractivity contribution >= 4 is 23.5 Å². The molecule has 1 amide bonds. The summed E-state index contributed by atoms with van der Waals surface area (Å²) >= 11 is 6.12. The molecule has 5 nitrogen and oxygen atoms in total. The summed E-state index contributed by atoms with van der Waals surface area (Å²) < 4.78 is 0. The SMILES string of the molecule is CC(NC(=O)CN1CCCC(C(=O)O)C1)c1ccccc1Cl. The van der Waals surface area contributed by atoms with Gasteiger partial charge in [-0.1, -0.05) is 29.8 Å². The van der Waals surface area contributed by atoms with Crippen molar-refractivity contribution < 1.29 is 14.7 Å². The third-order valence-corrected chi connectivity index (χ3v) is 4.32. The van der Waals surface area contributed by atoms with Crippen LogP contribution in [0.2, 0.25) is 5.02 Å². The van der Waals surface area contributed by atoms with Crippen LogP contribution in [0.3, 0.4) is 0 Å². The van der Waals surface area contributed by atoms with Gasteiger partial charge >= 0.3 is 5.97 Å². The first-order chi connectivity index (χ1) is 10.5. The fourth-order valence-corrected chi connectivity index (χ4v) is 3.09. The summed E-state index contributed by atoms with van der Waals surface area (Å²) in [5, 5.41) is 12.6. The second kappa shape index (κ2) is 7.61. The first kappa shape index (κ1) is 16.8. The Morgan fingerprint density at radius 1 is 1.45 bits per heavy atom. The molecule has 22 heavy (non-hydrogen) atoms. The van der Waals surface area contributed by atoms with Crippen LogP contribution in [0.15, 0.2) is 24.3 Å². The van der Waals surface area contributed by atoms with Crippen LogP contribution >= 0.6 is 11.6 Å². The molecule has 1 heterocycles. The number of rotatable bonds is 5. The van der Waals surface area contributed by atoms with Crippen molar-refractivity contribution in [2.75, 3.05) is 19.6 Å². The highest BCUT2D eigenvalue weighted by atomic mass is 35.5. The molecule has 1 aliphatic rings. The Morgan fingerprint density at radius 3 is 2.86 bits per heavy atom. The summed E-state index contributed by atoms with van der Waals surface area (Å²) in [5.41, 5.74) is 0.875. The zero-order chi connectivity index (χ0) is 16.1. The van der Waals surface area contributed by atoms with Crippen molar-refractivity contribution in [1.29, 1.82) is 0 Å². The van der Waals surface area contributed by atoms with E-state index in [0.717, 1.165) is 18.5 Å². The normalized spacial score (nSPS) is 20.4. The Bertz CT molecular complexity index is 550. The Morgan fingerprint density at radius 2 is 2.18 bits per heavy atom. The highest BCUT2D eigenvalue weighted by molar-refractivity contribution is 6.31. The number of hydrogen-bond acceptors (Lipinski definition) is 3. The molecule has 0 spiro atoms. The van der Waals surface area contributed by atoms with E-state index in [4.69, 9.17) is 16.7 Å². The van der Waals surface area contributed by atoms with Crippen LogP contribution in [0.25, 0.3) is 0 Å². The van der Waals surface area contributed by atoms with Gasteiger partial charge in [-0.2, -0.15) is 0 Å². The number of nitrogens with one attached hydrogen (secondary N) is 1. The molecule has 0 bridgehead atoms. The third kappa shape index (κ3) is 4.45. The average molecular weight is 325 g/mol. The molecule has 1 fully saturated rings. The van der Waals surface area contributed by atoms with Gasteiger partial charge in [0.05, 0.1) is 18.5 Å². The molecule has 0 aromatic heterocycles. The number of nitrogens with zero attached hydrogens (tertiary/aromatic N) is 1. The molecule has 1 aliphatic heterocycles. The van der Waals surface area contributed by atoms with Gasteiger partial charge in [0.2, 0.25) is 5.91 Å². The summed E-state index contributed by atoms with van der Waals surface area (Å²) in [6.07, 6.45) is 1.49. The van der Waals surface area contributed by atoms with Gasteiger partial charge in [0, 0.05) is 11.6 Å². The van der Waals surface area contributed by atoms with Gasteiger partial charge in [-0.15, -0.1) is 0 Å². The first-order valence-corrected chi connectivity index (χ1v) is 7.84. The smallest absolute Gasteiger partial charge is 0.307 e. The minimum atomic E-state index is -0.783. The van der Waals surface area contributed by atoms with Crippen LogP contribution in [-0.4, -0.2) is 41.5 Å². The fourth-order valence-electron chi connectivity index (χ4n) is 2.79. The number of benzene rings is 1. The van der Waals surface area contributed by atoms with E-state index in [1.54, 1.807) is 6.07 Å². The molecule has 0 saturated carbocycles. The van der Waals surface area contributed by atoms with Crippen LogP contribution in [0.4, 0.5) is 0 Å². The van der Waals surface area contributed by atoms with E-state index in [2.05, 4.69) is 5.32 Å². The van der Waals surface area contributed by atoms with E-state index >= 15 is 0 Å². The van der Waals surface area contributed by atoms with Crippen LogP contribution in [0.5, 0.6) is 0 Å². The molecule has 120 valence electrons. The highest BCUT2D eigenvalue weighted by Gasteiger charge is 2.26. The number of carboxylic acid groups (broad SMARTS) is 1. The lowest BCUT2D eigenvalue weighted by Gasteiger charge is -2.30. The van der Waals surface area contributed by atoms with Crippen molar-refractivity contribution in [3.8, 4) is 0 Å². The maximum Gasteiger partial charge on any atom is 0.307 e. The molecule has 0 radical (unpaired) electrons. The lowest BCUT2D eigenvalue weighted by atomic mass is 9.98. The predicted octanol–water partition coefficient (Wildman–Crippen LogP) is 2.31. The zero-order valence-corrected chi connectivity index (χ0v) is 13.3. The Kier molecular flexibility index (Phi) is 5.80. The topological polar surface area (TPSA) is 69.6 Å². The molecule has 6 heteroatoms. The van der Waals surface area contributed by atoms with Crippen LogP contribution in [0.1, 0.15) is 31.4 Å². The summed E-state index contributed by atoms with van der Waals surface area (Å²) in [7, 11) is 0. The van der Waals surface area contributed by atoms with E-state index in [9.17, 15) is 9.59 Å². The number of likely N-dealkylation sites (tertiary alicyclic amines) is 1. The number of amides is 1. The number of halogens is 1. The second-order valence-electron chi connectivity index (χ2n) is 5.72. The maximum atomic E-state index is 12.1.